The van der Waals surface area contributed by atoms with Crippen molar-refractivity contribution in [3.8, 4) is 0 Å². The fraction of sp³-hybridized carbons (Fsp3) is 0.556. The minimum absolute atomic E-state index is 0.454. The highest BCUT2D eigenvalue weighted by molar-refractivity contribution is 8.00. The monoisotopic (exact) mass is 257 g/mol. The molecule has 0 aliphatic rings. The van der Waals surface area contributed by atoms with E-state index >= 15 is 0 Å². The molecule has 1 aromatic heterocycles. The van der Waals surface area contributed by atoms with Gasteiger partial charge in [0.05, 0.1) is 5.25 Å². The first-order valence-electron chi connectivity index (χ1n) is 5.21. The molecule has 1 unspecified atom stereocenters. The quantitative estimate of drug-likeness (QED) is 0.662. The molecule has 0 spiro atoms. The lowest BCUT2D eigenvalue weighted by molar-refractivity contribution is -0.119. The number of thioether (sulfide) groups is 1. The van der Waals surface area contributed by atoms with E-state index in [9.17, 15) is 9.59 Å². The van der Waals surface area contributed by atoms with Crippen LogP contribution in [0.25, 0.3) is 0 Å². The van der Waals surface area contributed by atoms with Crippen molar-refractivity contribution in [1.29, 1.82) is 0 Å². The molecule has 1 aromatic rings. The number of primary amides is 1. The number of hydrogen-bond acceptors (Lipinski definition) is 5. The Morgan fingerprint density at radius 2 is 2.29 bits per heavy atom. The van der Waals surface area contributed by atoms with Crippen molar-refractivity contribution in [3.05, 3.63) is 5.82 Å². The second-order valence-electron chi connectivity index (χ2n) is 3.43. The Kier molecular flexibility index (Phi) is 4.95. The predicted octanol–water partition coefficient (Wildman–Crippen LogP) is 0.433. The minimum atomic E-state index is -0.857. The van der Waals surface area contributed by atoms with E-state index in [2.05, 4.69) is 15.2 Å². The Bertz CT molecular complexity index is 406. The average molecular weight is 257 g/mol. The molecule has 0 saturated carbocycles. The number of amides is 3. The van der Waals surface area contributed by atoms with Crippen LogP contribution in [0.4, 0.5) is 4.79 Å². The molecular weight excluding hydrogens is 242 g/mol. The lowest BCUT2D eigenvalue weighted by atomic mass is 10.3. The van der Waals surface area contributed by atoms with Gasteiger partial charge in [-0.2, -0.15) is 0 Å². The molecular formula is C9H15N5O2S. The zero-order valence-corrected chi connectivity index (χ0v) is 10.5. The van der Waals surface area contributed by atoms with Gasteiger partial charge in [0, 0.05) is 6.42 Å². The number of rotatable bonds is 5. The van der Waals surface area contributed by atoms with Crippen molar-refractivity contribution < 1.29 is 9.59 Å². The number of imide groups is 1. The van der Waals surface area contributed by atoms with Gasteiger partial charge in [0.2, 0.25) is 11.1 Å². The van der Waals surface area contributed by atoms with Crippen LogP contribution < -0.4 is 11.1 Å². The minimum Gasteiger partial charge on any atom is -0.351 e. The molecule has 17 heavy (non-hydrogen) atoms. The molecule has 0 fully saturated rings. The number of H-pyrrole nitrogens is 1. The van der Waals surface area contributed by atoms with Crippen molar-refractivity contribution in [2.24, 2.45) is 5.73 Å². The van der Waals surface area contributed by atoms with E-state index in [0.717, 1.165) is 18.7 Å². The fourth-order valence-electron chi connectivity index (χ4n) is 1.11. The number of nitrogens with zero attached hydrogens (tertiary/aromatic N) is 2. The van der Waals surface area contributed by atoms with Crippen LogP contribution in [0.3, 0.4) is 0 Å². The summed E-state index contributed by atoms with van der Waals surface area (Å²) in [6.45, 7) is 3.69. The van der Waals surface area contributed by atoms with Gasteiger partial charge in [0.1, 0.15) is 5.82 Å². The molecule has 1 atom stereocenters. The first-order chi connectivity index (χ1) is 8.02. The van der Waals surface area contributed by atoms with Crippen LogP contribution in [0.15, 0.2) is 5.16 Å². The SMILES string of the molecule is CCCc1nc(SC(C)C(=O)NC(N)=O)n[nH]1. The van der Waals surface area contributed by atoms with Crippen molar-refractivity contribution in [1.82, 2.24) is 20.5 Å². The third-order valence-corrected chi connectivity index (χ3v) is 2.86. The van der Waals surface area contributed by atoms with Crippen LogP contribution in [0.5, 0.6) is 0 Å². The second-order valence-corrected chi connectivity index (χ2v) is 4.74. The lowest BCUT2D eigenvalue weighted by Gasteiger charge is -2.06. The smallest absolute Gasteiger partial charge is 0.318 e. The maximum atomic E-state index is 11.4. The van der Waals surface area contributed by atoms with Crippen LogP contribution in [0.2, 0.25) is 0 Å². The van der Waals surface area contributed by atoms with Crippen molar-refractivity contribution >= 4 is 23.7 Å². The number of hydrogen-bond donors (Lipinski definition) is 3. The van der Waals surface area contributed by atoms with Crippen LogP contribution in [0.1, 0.15) is 26.1 Å². The summed E-state index contributed by atoms with van der Waals surface area (Å²) in [7, 11) is 0. The molecule has 4 N–H and O–H groups in total. The summed E-state index contributed by atoms with van der Waals surface area (Å²) in [6.07, 6.45) is 1.78. The molecule has 0 aliphatic heterocycles. The number of carbonyl (C=O) groups is 2. The number of aromatic amines is 1. The van der Waals surface area contributed by atoms with Gasteiger partial charge in [-0.1, -0.05) is 18.7 Å². The largest absolute Gasteiger partial charge is 0.351 e. The highest BCUT2D eigenvalue weighted by atomic mass is 32.2. The Balaban J connectivity index is 2.52. The van der Waals surface area contributed by atoms with Gasteiger partial charge in [-0.05, 0) is 13.3 Å². The zero-order valence-electron chi connectivity index (χ0n) is 9.69. The highest BCUT2D eigenvalue weighted by Crippen LogP contribution is 2.19. The summed E-state index contributed by atoms with van der Waals surface area (Å²) in [4.78, 5) is 26.1. The number of nitrogens with two attached hydrogens (primary N) is 1. The number of aromatic nitrogens is 3. The van der Waals surface area contributed by atoms with E-state index in [4.69, 9.17) is 5.73 Å². The molecule has 0 aliphatic carbocycles. The Morgan fingerprint density at radius 3 is 2.88 bits per heavy atom. The molecule has 94 valence electrons. The summed E-state index contributed by atoms with van der Waals surface area (Å²) in [5, 5.41) is 8.77. The van der Waals surface area contributed by atoms with E-state index in [1.54, 1.807) is 6.92 Å². The Hall–Kier alpha value is -1.57. The van der Waals surface area contributed by atoms with E-state index < -0.39 is 17.2 Å². The van der Waals surface area contributed by atoms with Crippen LogP contribution in [0, 0.1) is 0 Å². The van der Waals surface area contributed by atoms with Gasteiger partial charge in [0.25, 0.3) is 0 Å². The summed E-state index contributed by atoms with van der Waals surface area (Å²) in [5.41, 5.74) is 4.85. The summed E-state index contributed by atoms with van der Waals surface area (Å²) in [6, 6.07) is -0.857. The average Bonchev–Trinajstić information content (AvgIpc) is 2.65. The first-order valence-corrected chi connectivity index (χ1v) is 6.09. The number of aryl methyl sites for hydroxylation is 1. The molecule has 1 rings (SSSR count). The maximum absolute atomic E-state index is 11.4. The van der Waals surface area contributed by atoms with Gasteiger partial charge in [0.15, 0.2) is 0 Å². The molecule has 0 aromatic carbocycles. The zero-order chi connectivity index (χ0) is 12.8. The van der Waals surface area contributed by atoms with Gasteiger partial charge in [-0.25, -0.2) is 9.78 Å². The number of nitrogens with one attached hydrogen (secondary N) is 2. The van der Waals surface area contributed by atoms with Gasteiger partial charge in [-0.15, -0.1) is 5.10 Å². The Morgan fingerprint density at radius 1 is 1.59 bits per heavy atom. The lowest BCUT2D eigenvalue weighted by Crippen LogP contribution is -2.39. The number of urea groups is 1. The van der Waals surface area contributed by atoms with Crippen molar-refractivity contribution in [3.63, 3.8) is 0 Å². The van der Waals surface area contributed by atoms with Crippen LogP contribution >= 0.6 is 11.8 Å². The standard InChI is InChI=1S/C9H15N5O2S/c1-3-4-6-11-9(14-13-6)17-5(2)7(15)12-8(10)16/h5H,3-4H2,1-2H3,(H,11,13,14)(H3,10,12,15,16). The molecule has 1 heterocycles. The second kappa shape index (κ2) is 6.24. The molecule has 8 heteroatoms. The van der Waals surface area contributed by atoms with E-state index in [1.165, 1.54) is 11.8 Å². The number of carbonyl (C=O) groups excluding carboxylic acids is 2. The van der Waals surface area contributed by atoms with Gasteiger partial charge < -0.3 is 5.73 Å². The van der Waals surface area contributed by atoms with Gasteiger partial charge in [-0.3, -0.25) is 15.2 Å². The highest BCUT2D eigenvalue weighted by Gasteiger charge is 2.17. The van der Waals surface area contributed by atoms with E-state index in [0.29, 0.717) is 5.16 Å². The van der Waals surface area contributed by atoms with E-state index in [1.807, 2.05) is 12.2 Å². The Labute approximate surface area is 103 Å². The maximum Gasteiger partial charge on any atom is 0.318 e. The van der Waals surface area contributed by atoms with Gasteiger partial charge >= 0.3 is 6.03 Å². The molecule has 0 bridgehead atoms. The molecule has 3 amide bonds. The third kappa shape index (κ3) is 4.43. The van der Waals surface area contributed by atoms with E-state index in [-0.39, 0.29) is 0 Å². The summed E-state index contributed by atoms with van der Waals surface area (Å²) >= 11 is 1.17. The summed E-state index contributed by atoms with van der Waals surface area (Å²) < 4.78 is 0. The predicted molar refractivity (Wildman–Crippen MR) is 63.4 cm³/mol. The van der Waals surface area contributed by atoms with Crippen molar-refractivity contribution in [2.45, 2.75) is 37.1 Å². The first kappa shape index (κ1) is 13.5. The third-order valence-electron chi connectivity index (χ3n) is 1.90. The van der Waals surface area contributed by atoms with Crippen LogP contribution in [-0.2, 0) is 11.2 Å². The van der Waals surface area contributed by atoms with Crippen LogP contribution in [-0.4, -0.2) is 32.4 Å². The fourth-order valence-corrected chi connectivity index (χ4v) is 1.86. The summed E-state index contributed by atoms with van der Waals surface area (Å²) in [5.74, 6) is 0.335. The molecule has 0 saturated heterocycles. The molecule has 7 nitrogen and oxygen atoms in total. The molecule has 0 radical (unpaired) electrons. The van der Waals surface area contributed by atoms with Crippen molar-refractivity contribution in [2.75, 3.05) is 0 Å². The topological polar surface area (TPSA) is 114 Å². The normalized spacial score (nSPS) is 12.1.